The molecule has 1 aliphatic rings. The van der Waals surface area contributed by atoms with Crippen LogP contribution in [-0.2, 0) is 6.42 Å². The third kappa shape index (κ3) is 1.52. The summed E-state index contributed by atoms with van der Waals surface area (Å²) in [7, 11) is 0. The second-order valence-electron chi connectivity index (χ2n) is 3.18. The average Bonchev–Trinajstić information content (AvgIpc) is 2.17. The van der Waals surface area contributed by atoms with Crippen molar-refractivity contribution in [3.05, 3.63) is 39.4 Å². The molecule has 0 radical (unpaired) electrons. The summed E-state index contributed by atoms with van der Waals surface area (Å²) in [5.41, 5.74) is 2.60. The molecule has 0 aliphatic heterocycles. The highest BCUT2D eigenvalue weighted by atomic mass is 35.5. The van der Waals surface area contributed by atoms with Gasteiger partial charge in [-0.3, -0.25) is 0 Å². The molecule has 1 aromatic rings. The first kappa shape index (κ1) is 9.58. The normalized spacial score (nSPS) is 14.2. The largest absolute Gasteiger partial charge is 0.192 e. The fraction of sp³-hybridized carbons (Fsp3) is 0.182. The molecule has 0 amide bonds. The molecule has 2 rings (SSSR count). The van der Waals surface area contributed by atoms with E-state index in [9.17, 15) is 0 Å². The summed E-state index contributed by atoms with van der Waals surface area (Å²) in [5.74, 6) is 0. The Kier molecular flexibility index (Phi) is 2.50. The SMILES string of the molecule is N#CC1=CCCc2c(Cl)cc(Cl)cc21. The number of hydrogen-bond acceptors (Lipinski definition) is 1. The zero-order valence-electron chi connectivity index (χ0n) is 7.35. The Labute approximate surface area is 92.6 Å². The van der Waals surface area contributed by atoms with E-state index < -0.39 is 0 Å². The van der Waals surface area contributed by atoms with E-state index in [1.54, 1.807) is 12.1 Å². The van der Waals surface area contributed by atoms with E-state index in [4.69, 9.17) is 28.5 Å². The first-order chi connectivity index (χ1) is 6.72. The fourth-order valence-electron chi connectivity index (χ4n) is 1.67. The van der Waals surface area contributed by atoms with Crippen molar-refractivity contribution in [2.45, 2.75) is 12.8 Å². The standard InChI is InChI=1S/C11H7Cl2N/c12-8-4-10-7(6-14)2-1-3-9(10)11(13)5-8/h2,4-5H,1,3H2. The Balaban J connectivity index is 2.67. The zero-order chi connectivity index (χ0) is 10.1. The van der Waals surface area contributed by atoms with Gasteiger partial charge in [-0.1, -0.05) is 29.3 Å². The van der Waals surface area contributed by atoms with Crippen LogP contribution < -0.4 is 0 Å². The molecule has 0 N–H and O–H groups in total. The Bertz CT molecular complexity index is 455. The molecule has 0 fully saturated rings. The van der Waals surface area contributed by atoms with Gasteiger partial charge in [-0.15, -0.1) is 0 Å². The molecule has 0 saturated carbocycles. The number of halogens is 2. The molecule has 70 valence electrons. The van der Waals surface area contributed by atoms with Crippen molar-refractivity contribution in [1.29, 1.82) is 5.26 Å². The van der Waals surface area contributed by atoms with Crippen LogP contribution in [0.3, 0.4) is 0 Å². The number of fused-ring (bicyclic) bond motifs is 1. The van der Waals surface area contributed by atoms with Gasteiger partial charge in [-0.25, -0.2) is 0 Å². The van der Waals surface area contributed by atoms with E-state index in [2.05, 4.69) is 6.07 Å². The Hall–Kier alpha value is -0.970. The number of hydrogen-bond donors (Lipinski definition) is 0. The van der Waals surface area contributed by atoms with Crippen LogP contribution in [0.2, 0.25) is 10.0 Å². The topological polar surface area (TPSA) is 23.8 Å². The molecular weight excluding hydrogens is 217 g/mol. The summed E-state index contributed by atoms with van der Waals surface area (Å²) in [6, 6.07) is 5.69. The number of nitriles is 1. The summed E-state index contributed by atoms with van der Waals surface area (Å²) >= 11 is 11.9. The fourth-order valence-corrected chi connectivity index (χ4v) is 2.26. The summed E-state index contributed by atoms with van der Waals surface area (Å²) < 4.78 is 0. The van der Waals surface area contributed by atoms with Crippen molar-refractivity contribution < 1.29 is 0 Å². The van der Waals surface area contributed by atoms with Gasteiger partial charge in [0.05, 0.1) is 11.6 Å². The van der Waals surface area contributed by atoms with Crippen LogP contribution >= 0.6 is 23.2 Å². The van der Waals surface area contributed by atoms with Gasteiger partial charge in [0.1, 0.15) is 0 Å². The van der Waals surface area contributed by atoms with Gasteiger partial charge < -0.3 is 0 Å². The van der Waals surface area contributed by atoms with Crippen molar-refractivity contribution in [1.82, 2.24) is 0 Å². The maximum Gasteiger partial charge on any atom is 0.0994 e. The molecule has 1 aliphatic carbocycles. The molecule has 0 saturated heterocycles. The van der Waals surface area contributed by atoms with Gasteiger partial charge in [0, 0.05) is 10.0 Å². The van der Waals surface area contributed by atoms with E-state index in [1.807, 2.05) is 6.08 Å². The first-order valence-corrected chi connectivity index (χ1v) is 5.06. The molecule has 0 bridgehead atoms. The molecular formula is C11H7Cl2N. The second kappa shape index (κ2) is 3.65. The lowest BCUT2D eigenvalue weighted by atomic mass is 9.91. The molecule has 14 heavy (non-hydrogen) atoms. The van der Waals surface area contributed by atoms with Crippen molar-refractivity contribution in [2.75, 3.05) is 0 Å². The first-order valence-electron chi connectivity index (χ1n) is 4.31. The summed E-state index contributed by atoms with van der Waals surface area (Å²) in [6.07, 6.45) is 3.68. The van der Waals surface area contributed by atoms with E-state index in [1.165, 1.54) is 0 Å². The highest BCUT2D eigenvalue weighted by molar-refractivity contribution is 6.35. The van der Waals surface area contributed by atoms with Crippen LogP contribution in [0.25, 0.3) is 5.57 Å². The van der Waals surface area contributed by atoms with Gasteiger partial charge in [-0.05, 0) is 36.1 Å². The van der Waals surface area contributed by atoms with Gasteiger partial charge in [0.25, 0.3) is 0 Å². The van der Waals surface area contributed by atoms with Crippen molar-refractivity contribution in [3.8, 4) is 6.07 Å². The smallest absolute Gasteiger partial charge is 0.0994 e. The van der Waals surface area contributed by atoms with E-state index in [0.717, 1.165) is 24.0 Å². The van der Waals surface area contributed by atoms with Crippen LogP contribution in [0.1, 0.15) is 17.5 Å². The van der Waals surface area contributed by atoms with E-state index in [-0.39, 0.29) is 0 Å². The number of nitrogens with zero attached hydrogens (tertiary/aromatic N) is 1. The van der Waals surface area contributed by atoms with Crippen molar-refractivity contribution in [3.63, 3.8) is 0 Å². The van der Waals surface area contributed by atoms with E-state index in [0.29, 0.717) is 15.6 Å². The quantitative estimate of drug-likeness (QED) is 0.656. The van der Waals surface area contributed by atoms with Crippen LogP contribution in [0.4, 0.5) is 0 Å². The lowest BCUT2D eigenvalue weighted by molar-refractivity contribution is 0.980. The number of allylic oxidation sites excluding steroid dienone is 2. The molecule has 0 atom stereocenters. The average molecular weight is 224 g/mol. The van der Waals surface area contributed by atoms with Crippen molar-refractivity contribution >= 4 is 28.8 Å². The van der Waals surface area contributed by atoms with Crippen LogP contribution in [0, 0.1) is 11.3 Å². The maximum atomic E-state index is 8.92. The molecule has 0 aromatic heterocycles. The third-order valence-electron chi connectivity index (χ3n) is 2.31. The molecule has 0 unspecified atom stereocenters. The van der Waals surface area contributed by atoms with E-state index >= 15 is 0 Å². The minimum absolute atomic E-state index is 0.580. The zero-order valence-corrected chi connectivity index (χ0v) is 8.86. The molecule has 0 spiro atoms. The predicted molar refractivity (Wildman–Crippen MR) is 58.4 cm³/mol. The van der Waals surface area contributed by atoms with Gasteiger partial charge in [0.2, 0.25) is 0 Å². The highest BCUT2D eigenvalue weighted by Gasteiger charge is 2.15. The van der Waals surface area contributed by atoms with Crippen LogP contribution in [-0.4, -0.2) is 0 Å². The molecule has 0 heterocycles. The van der Waals surface area contributed by atoms with Crippen LogP contribution in [0.5, 0.6) is 0 Å². The Morgan fingerprint density at radius 1 is 1.29 bits per heavy atom. The summed E-state index contributed by atoms with van der Waals surface area (Å²) in [5, 5.41) is 10.2. The lowest BCUT2D eigenvalue weighted by Gasteiger charge is -2.15. The minimum Gasteiger partial charge on any atom is -0.192 e. The number of rotatable bonds is 0. The Morgan fingerprint density at radius 2 is 2.07 bits per heavy atom. The lowest BCUT2D eigenvalue weighted by Crippen LogP contribution is -1.99. The second-order valence-corrected chi connectivity index (χ2v) is 4.03. The predicted octanol–water partition coefficient (Wildman–Crippen LogP) is 3.85. The Morgan fingerprint density at radius 3 is 2.79 bits per heavy atom. The monoisotopic (exact) mass is 223 g/mol. The minimum atomic E-state index is 0.580. The maximum absolute atomic E-state index is 8.92. The van der Waals surface area contributed by atoms with Gasteiger partial charge >= 0.3 is 0 Å². The highest BCUT2D eigenvalue weighted by Crippen LogP contribution is 2.33. The molecule has 1 nitrogen and oxygen atoms in total. The van der Waals surface area contributed by atoms with Gasteiger partial charge in [0.15, 0.2) is 0 Å². The summed E-state index contributed by atoms with van der Waals surface area (Å²) in [4.78, 5) is 0. The summed E-state index contributed by atoms with van der Waals surface area (Å²) in [6.45, 7) is 0. The third-order valence-corrected chi connectivity index (χ3v) is 2.87. The van der Waals surface area contributed by atoms with Crippen LogP contribution in [0.15, 0.2) is 18.2 Å². The van der Waals surface area contributed by atoms with Gasteiger partial charge in [-0.2, -0.15) is 5.26 Å². The van der Waals surface area contributed by atoms with Crippen molar-refractivity contribution in [2.24, 2.45) is 0 Å². The number of benzene rings is 1. The molecule has 3 heteroatoms. The molecule has 1 aromatic carbocycles.